The Labute approximate surface area is 277 Å². The lowest BCUT2D eigenvalue weighted by molar-refractivity contribution is -0.150. The molecule has 0 aliphatic heterocycles. The van der Waals surface area contributed by atoms with Gasteiger partial charge in [0.25, 0.3) is 0 Å². The first-order valence-corrected chi connectivity index (χ1v) is 19.2. The standard InChI is InChI=1S/C39H72O6/c1-3-5-7-9-11-13-15-17-19-21-23-25-27-29-37(44)36(33-41)39(34-42,31-35(43)32-40)38(45)30-28-26-24-22-20-18-16-14-12-10-8-6-4-2/h33-36,40,43H,3-32H2,1-2H3. The maximum atomic E-state index is 13.4. The van der Waals surface area contributed by atoms with Crippen molar-refractivity contribution < 1.29 is 29.4 Å². The molecule has 0 amide bonds. The maximum absolute atomic E-state index is 13.4. The second-order valence-corrected chi connectivity index (χ2v) is 13.7. The number of hydrogen-bond donors (Lipinski definition) is 2. The van der Waals surface area contributed by atoms with Crippen LogP contribution in [-0.4, -0.2) is 47.1 Å². The van der Waals surface area contributed by atoms with Crippen LogP contribution in [0.3, 0.4) is 0 Å². The van der Waals surface area contributed by atoms with Crippen molar-refractivity contribution in [3.05, 3.63) is 0 Å². The van der Waals surface area contributed by atoms with Gasteiger partial charge < -0.3 is 19.8 Å². The number of rotatable bonds is 36. The third kappa shape index (κ3) is 21.9. The molecule has 0 aromatic rings. The molecule has 264 valence electrons. The summed E-state index contributed by atoms with van der Waals surface area (Å²) < 4.78 is 0. The molecule has 0 radical (unpaired) electrons. The first-order valence-electron chi connectivity index (χ1n) is 19.2. The Morgan fingerprint density at radius 2 is 0.889 bits per heavy atom. The lowest BCUT2D eigenvalue weighted by Crippen LogP contribution is -2.47. The van der Waals surface area contributed by atoms with Gasteiger partial charge in [-0.3, -0.25) is 9.59 Å². The van der Waals surface area contributed by atoms with E-state index in [1.54, 1.807) is 0 Å². The van der Waals surface area contributed by atoms with Crippen LogP contribution in [0.25, 0.3) is 0 Å². The van der Waals surface area contributed by atoms with E-state index in [1.165, 1.54) is 116 Å². The molecule has 0 aliphatic carbocycles. The van der Waals surface area contributed by atoms with Crippen molar-refractivity contribution in [2.75, 3.05) is 6.61 Å². The highest BCUT2D eigenvalue weighted by Gasteiger charge is 2.49. The maximum Gasteiger partial charge on any atom is 0.147 e. The van der Waals surface area contributed by atoms with Gasteiger partial charge in [0.2, 0.25) is 0 Å². The minimum Gasteiger partial charge on any atom is -0.394 e. The largest absolute Gasteiger partial charge is 0.394 e. The highest BCUT2D eigenvalue weighted by atomic mass is 16.3. The van der Waals surface area contributed by atoms with Gasteiger partial charge in [0, 0.05) is 12.8 Å². The number of carbonyl (C=O) groups excluding carboxylic acids is 4. The number of aliphatic hydroxyl groups is 2. The highest BCUT2D eigenvalue weighted by Crippen LogP contribution is 2.35. The molecule has 0 aromatic heterocycles. The number of hydrogen-bond acceptors (Lipinski definition) is 6. The Hall–Kier alpha value is -1.40. The number of aliphatic hydroxyl groups excluding tert-OH is 2. The van der Waals surface area contributed by atoms with Crippen molar-refractivity contribution in [3.63, 3.8) is 0 Å². The van der Waals surface area contributed by atoms with E-state index < -0.39 is 42.0 Å². The molecule has 0 aliphatic rings. The molecule has 3 atom stereocenters. The van der Waals surface area contributed by atoms with Crippen LogP contribution in [-0.2, 0) is 19.2 Å². The van der Waals surface area contributed by atoms with Gasteiger partial charge in [0.1, 0.15) is 29.6 Å². The SMILES string of the molecule is CCCCCCCCCCCCCCCC(=O)C(C=O)C(C=O)(CC(O)CO)C(=O)CCCCCCCCCCCCCCC. The third-order valence-electron chi connectivity index (χ3n) is 9.59. The summed E-state index contributed by atoms with van der Waals surface area (Å²) in [7, 11) is 0. The summed E-state index contributed by atoms with van der Waals surface area (Å²) in [6.45, 7) is 3.84. The first kappa shape index (κ1) is 43.6. The van der Waals surface area contributed by atoms with Gasteiger partial charge in [0.05, 0.1) is 18.6 Å². The molecule has 0 bridgehead atoms. The van der Waals surface area contributed by atoms with Crippen molar-refractivity contribution in [3.8, 4) is 0 Å². The molecule has 0 rings (SSSR count). The predicted octanol–water partition coefficient (Wildman–Crippen LogP) is 9.83. The summed E-state index contributed by atoms with van der Waals surface area (Å²) in [5, 5.41) is 19.6. The van der Waals surface area contributed by atoms with Crippen LogP contribution >= 0.6 is 0 Å². The second-order valence-electron chi connectivity index (χ2n) is 13.7. The van der Waals surface area contributed by atoms with Crippen LogP contribution in [0.4, 0.5) is 0 Å². The normalized spacial score (nSPS) is 14.1. The lowest BCUT2D eigenvalue weighted by Gasteiger charge is -2.32. The van der Waals surface area contributed by atoms with Gasteiger partial charge in [-0.15, -0.1) is 0 Å². The molecule has 3 unspecified atom stereocenters. The highest BCUT2D eigenvalue weighted by molar-refractivity contribution is 6.08. The molecule has 0 saturated heterocycles. The van der Waals surface area contributed by atoms with Crippen molar-refractivity contribution in [1.29, 1.82) is 0 Å². The third-order valence-corrected chi connectivity index (χ3v) is 9.59. The zero-order chi connectivity index (χ0) is 33.4. The van der Waals surface area contributed by atoms with E-state index in [4.69, 9.17) is 0 Å². The molecule has 0 aromatic carbocycles. The summed E-state index contributed by atoms with van der Waals surface area (Å²) in [6, 6.07) is 0. The molecule has 0 saturated carbocycles. The average Bonchev–Trinajstić information content (AvgIpc) is 3.04. The topological polar surface area (TPSA) is 109 Å². The monoisotopic (exact) mass is 637 g/mol. The zero-order valence-electron chi connectivity index (χ0n) is 29.6. The average molecular weight is 637 g/mol. The second kappa shape index (κ2) is 31.2. The molecule has 0 fully saturated rings. The summed E-state index contributed by atoms with van der Waals surface area (Å²) >= 11 is 0. The van der Waals surface area contributed by atoms with E-state index in [9.17, 15) is 29.4 Å². The van der Waals surface area contributed by atoms with Crippen LogP contribution in [0, 0.1) is 11.3 Å². The van der Waals surface area contributed by atoms with Crippen LogP contribution in [0.15, 0.2) is 0 Å². The molecule has 6 heteroatoms. The quantitative estimate of drug-likeness (QED) is 0.0402. The molecule has 0 heterocycles. The Balaban J connectivity index is 4.52. The van der Waals surface area contributed by atoms with E-state index in [1.807, 2.05) is 0 Å². The molecule has 45 heavy (non-hydrogen) atoms. The van der Waals surface area contributed by atoms with Gasteiger partial charge in [-0.2, -0.15) is 0 Å². The minimum absolute atomic E-state index is 0.0883. The van der Waals surface area contributed by atoms with Crippen LogP contribution in [0.2, 0.25) is 0 Å². The number of unbranched alkanes of at least 4 members (excludes halogenated alkanes) is 24. The van der Waals surface area contributed by atoms with Crippen LogP contribution in [0.1, 0.15) is 200 Å². The van der Waals surface area contributed by atoms with E-state index in [-0.39, 0.29) is 12.8 Å². The van der Waals surface area contributed by atoms with Crippen LogP contribution < -0.4 is 0 Å². The molecule has 0 spiro atoms. The fourth-order valence-electron chi connectivity index (χ4n) is 6.55. The van der Waals surface area contributed by atoms with Gasteiger partial charge in [-0.25, -0.2) is 0 Å². The number of aldehydes is 2. The molecule has 6 nitrogen and oxygen atoms in total. The number of ketones is 2. The van der Waals surface area contributed by atoms with E-state index in [0.29, 0.717) is 25.4 Å². The fourth-order valence-corrected chi connectivity index (χ4v) is 6.55. The number of Topliss-reactive ketones (excluding diaryl/α,β-unsaturated/α-hetero) is 2. The van der Waals surface area contributed by atoms with Crippen molar-refractivity contribution in [2.45, 2.75) is 206 Å². The lowest BCUT2D eigenvalue weighted by atomic mass is 9.67. The minimum atomic E-state index is -1.91. The molecular weight excluding hydrogens is 564 g/mol. The first-order chi connectivity index (χ1) is 21.9. The van der Waals surface area contributed by atoms with Gasteiger partial charge in [0.15, 0.2) is 0 Å². The number of carbonyl (C=O) groups is 4. The van der Waals surface area contributed by atoms with Gasteiger partial charge in [-0.05, 0) is 19.3 Å². The Morgan fingerprint density at radius 1 is 0.556 bits per heavy atom. The zero-order valence-corrected chi connectivity index (χ0v) is 29.6. The summed E-state index contributed by atoms with van der Waals surface area (Å²) in [5.41, 5.74) is -1.91. The fraction of sp³-hybridized carbons (Fsp3) is 0.897. The van der Waals surface area contributed by atoms with E-state index in [2.05, 4.69) is 13.8 Å². The summed E-state index contributed by atoms with van der Waals surface area (Å²) in [6.07, 6.45) is 29.8. The summed E-state index contributed by atoms with van der Waals surface area (Å²) in [4.78, 5) is 51.2. The van der Waals surface area contributed by atoms with Crippen molar-refractivity contribution in [2.24, 2.45) is 11.3 Å². The van der Waals surface area contributed by atoms with Crippen molar-refractivity contribution in [1.82, 2.24) is 0 Å². The molecule has 2 N–H and O–H groups in total. The van der Waals surface area contributed by atoms with Gasteiger partial charge in [-0.1, -0.05) is 168 Å². The molecular formula is C39H72O6. The van der Waals surface area contributed by atoms with Gasteiger partial charge >= 0.3 is 0 Å². The van der Waals surface area contributed by atoms with Crippen LogP contribution in [0.5, 0.6) is 0 Å². The smallest absolute Gasteiger partial charge is 0.147 e. The Morgan fingerprint density at radius 3 is 1.20 bits per heavy atom. The Kier molecular flexibility index (Phi) is 30.2. The predicted molar refractivity (Wildman–Crippen MR) is 186 cm³/mol. The summed E-state index contributed by atoms with van der Waals surface area (Å²) in [5.74, 6) is -2.30. The van der Waals surface area contributed by atoms with E-state index in [0.717, 1.165) is 38.5 Å². The van der Waals surface area contributed by atoms with E-state index >= 15 is 0 Å². The Bertz CT molecular complexity index is 722. The van der Waals surface area contributed by atoms with Crippen molar-refractivity contribution >= 4 is 24.1 Å².